The SMILES string of the molecule is S=C=NCc1ccncc1. The van der Waals surface area contributed by atoms with Crippen LogP contribution in [-0.2, 0) is 6.54 Å². The molecule has 0 N–H and O–H groups in total. The minimum atomic E-state index is 0.603. The van der Waals surface area contributed by atoms with Crippen molar-refractivity contribution >= 4 is 17.4 Å². The third kappa shape index (κ3) is 2.05. The standard InChI is InChI=1S/C7H6N2S/c10-6-9-5-7-1-3-8-4-2-7/h1-4H,5H2. The van der Waals surface area contributed by atoms with E-state index in [0.717, 1.165) is 5.56 Å². The van der Waals surface area contributed by atoms with E-state index in [1.165, 1.54) is 0 Å². The van der Waals surface area contributed by atoms with Gasteiger partial charge in [0.05, 0.1) is 11.7 Å². The molecule has 0 amide bonds. The van der Waals surface area contributed by atoms with E-state index in [4.69, 9.17) is 0 Å². The fraction of sp³-hybridized carbons (Fsp3) is 0.143. The number of rotatable bonds is 2. The zero-order chi connectivity index (χ0) is 7.23. The number of isothiocyanates is 1. The summed E-state index contributed by atoms with van der Waals surface area (Å²) in [5.41, 5.74) is 1.10. The first-order valence-electron chi connectivity index (χ1n) is 2.86. The van der Waals surface area contributed by atoms with Crippen LogP contribution < -0.4 is 0 Å². The van der Waals surface area contributed by atoms with E-state index < -0.39 is 0 Å². The smallest absolute Gasteiger partial charge is 0.0744 e. The molecular formula is C7H6N2S. The maximum absolute atomic E-state index is 4.42. The van der Waals surface area contributed by atoms with E-state index in [0.29, 0.717) is 6.54 Å². The summed E-state index contributed by atoms with van der Waals surface area (Å²) >= 11 is 4.42. The lowest BCUT2D eigenvalue weighted by Gasteiger charge is -1.89. The van der Waals surface area contributed by atoms with Crippen LogP contribution in [-0.4, -0.2) is 10.1 Å². The molecule has 0 aliphatic carbocycles. The second kappa shape index (κ2) is 3.88. The molecule has 0 unspecified atom stereocenters. The highest BCUT2D eigenvalue weighted by Crippen LogP contribution is 1.96. The van der Waals surface area contributed by atoms with Gasteiger partial charge in [0.2, 0.25) is 0 Å². The molecule has 0 radical (unpaired) electrons. The number of aliphatic imine (C=N–C) groups is 1. The summed E-state index contributed by atoms with van der Waals surface area (Å²) in [5, 5.41) is 2.30. The molecule has 0 bridgehead atoms. The normalized spacial score (nSPS) is 8.40. The topological polar surface area (TPSA) is 25.2 Å². The van der Waals surface area contributed by atoms with Gasteiger partial charge in [-0.05, 0) is 29.9 Å². The Hall–Kier alpha value is -1.05. The molecule has 0 fully saturated rings. The van der Waals surface area contributed by atoms with Crippen molar-refractivity contribution in [2.24, 2.45) is 4.99 Å². The number of thiocarbonyl (C=S) groups is 1. The minimum Gasteiger partial charge on any atom is -0.265 e. The zero-order valence-electron chi connectivity index (χ0n) is 5.32. The molecule has 1 aromatic heterocycles. The van der Waals surface area contributed by atoms with Gasteiger partial charge in [-0.3, -0.25) is 4.98 Å². The first-order chi connectivity index (χ1) is 4.93. The third-order valence-electron chi connectivity index (χ3n) is 1.08. The van der Waals surface area contributed by atoms with E-state index in [1.807, 2.05) is 12.1 Å². The molecule has 0 atom stereocenters. The fourth-order valence-electron chi connectivity index (χ4n) is 0.612. The predicted octanol–water partition coefficient (Wildman–Crippen LogP) is 1.68. The molecule has 2 nitrogen and oxygen atoms in total. The van der Waals surface area contributed by atoms with Crippen LogP contribution in [0.25, 0.3) is 0 Å². The Bertz CT molecular complexity index is 239. The Morgan fingerprint density at radius 3 is 2.80 bits per heavy atom. The summed E-state index contributed by atoms with van der Waals surface area (Å²) in [6.45, 7) is 0.603. The van der Waals surface area contributed by atoms with Gasteiger partial charge in [0, 0.05) is 12.4 Å². The molecule has 10 heavy (non-hydrogen) atoms. The summed E-state index contributed by atoms with van der Waals surface area (Å²) < 4.78 is 0. The molecule has 0 saturated carbocycles. The summed E-state index contributed by atoms with van der Waals surface area (Å²) in [6, 6.07) is 3.80. The number of aromatic nitrogens is 1. The van der Waals surface area contributed by atoms with Crippen molar-refractivity contribution in [3.8, 4) is 0 Å². The van der Waals surface area contributed by atoms with Gasteiger partial charge >= 0.3 is 0 Å². The largest absolute Gasteiger partial charge is 0.265 e. The van der Waals surface area contributed by atoms with E-state index in [2.05, 4.69) is 27.4 Å². The van der Waals surface area contributed by atoms with Gasteiger partial charge < -0.3 is 0 Å². The highest BCUT2D eigenvalue weighted by atomic mass is 32.1. The van der Waals surface area contributed by atoms with Crippen LogP contribution in [0, 0.1) is 0 Å². The van der Waals surface area contributed by atoms with Gasteiger partial charge in [-0.25, -0.2) is 4.99 Å². The van der Waals surface area contributed by atoms with Gasteiger partial charge in [-0.1, -0.05) is 0 Å². The number of pyridine rings is 1. The van der Waals surface area contributed by atoms with E-state index >= 15 is 0 Å². The van der Waals surface area contributed by atoms with Crippen LogP contribution in [0.15, 0.2) is 29.5 Å². The lowest BCUT2D eigenvalue weighted by Crippen LogP contribution is -1.79. The first-order valence-corrected chi connectivity index (χ1v) is 3.27. The van der Waals surface area contributed by atoms with Crippen LogP contribution in [0.2, 0.25) is 0 Å². The molecular weight excluding hydrogens is 144 g/mol. The summed E-state index contributed by atoms with van der Waals surface area (Å²) in [7, 11) is 0. The van der Waals surface area contributed by atoms with Crippen molar-refractivity contribution in [3.05, 3.63) is 30.1 Å². The molecule has 0 spiro atoms. The van der Waals surface area contributed by atoms with E-state index in [9.17, 15) is 0 Å². The first kappa shape index (κ1) is 7.06. The van der Waals surface area contributed by atoms with E-state index in [1.54, 1.807) is 12.4 Å². The Morgan fingerprint density at radius 2 is 2.20 bits per heavy atom. The van der Waals surface area contributed by atoms with Crippen molar-refractivity contribution in [2.45, 2.75) is 6.54 Å². The lowest BCUT2D eigenvalue weighted by molar-refractivity contribution is 1.07. The highest BCUT2D eigenvalue weighted by Gasteiger charge is 1.84. The van der Waals surface area contributed by atoms with Crippen LogP contribution >= 0.6 is 12.2 Å². The van der Waals surface area contributed by atoms with Crippen LogP contribution in [0.1, 0.15) is 5.56 Å². The second-order valence-corrected chi connectivity index (χ2v) is 1.95. The molecule has 0 aromatic carbocycles. The number of hydrogen-bond donors (Lipinski definition) is 0. The van der Waals surface area contributed by atoms with Crippen molar-refractivity contribution in [2.75, 3.05) is 0 Å². The summed E-state index contributed by atoms with van der Waals surface area (Å²) in [6.07, 6.45) is 3.46. The van der Waals surface area contributed by atoms with Gasteiger partial charge in [0.1, 0.15) is 0 Å². The molecule has 50 valence electrons. The van der Waals surface area contributed by atoms with Crippen molar-refractivity contribution in [1.82, 2.24) is 4.98 Å². The van der Waals surface area contributed by atoms with Gasteiger partial charge in [0.15, 0.2) is 0 Å². The van der Waals surface area contributed by atoms with Crippen molar-refractivity contribution in [3.63, 3.8) is 0 Å². The molecule has 0 aliphatic heterocycles. The number of hydrogen-bond acceptors (Lipinski definition) is 3. The van der Waals surface area contributed by atoms with Gasteiger partial charge in [-0.2, -0.15) is 0 Å². The zero-order valence-corrected chi connectivity index (χ0v) is 6.14. The van der Waals surface area contributed by atoms with Crippen LogP contribution in [0.3, 0.4) is 0 Å². The minimum absolute atomic E-state index is 0.603. The Kier molecular flexibility index (Phi) is 2.74. The Labute approximate surface area is 64.6 Å². The van der Waals surface area contributed by atoms with Crippen molar-refractivity contribution in [1.29, 1.82) is 0 Å². The molecule has 0 saturated heterocycles. The average molecular weight is 150 g/mol. The third-order valence-corrected chi connectivity index (χ3v) is 1.20. The molecule has 1 rings (SSSR count). The van der Waals surface area contributed by atoms with Gasteiger partial charge in [-0.15, -0.1) is 0 Å². The summed E-state index contributed by atoms with van der Waals surface area (Å²) in [5.74, 6) is 0. The predicted molar refractivity (Wildman–Crippen MR) is 43.0 cm³/mol. The maximum Gasteiger partial charge on any atom is 0.0744 e. The molecule has 1 heterocycles. The number of nitrogens with zero attached hydrogens (tertiary/aromatic N) is 2. The van der Waals surface area contributed by atoms with Crippen LogP contribution in [0.5, 0.6) is 0 Å². The van der Waals surface area contributed by atoms with Crippen molar-refractivity contribution < 1.29 is 0 Å². The molecule has 3 heteroatoms. The maximum atomic E-state index is 4.42. The summed E-state index contributed by atoms with van der Waals surface area (Å²) in [4.78, 5) is 7.64. The Balaban J connectivity index is 2.67. The van der Waals surface area contributed by atoms with Crippen LogP contribution in [0.4, 0.5) is 0 Å². The quantitative estimate of drug-likeness (QED) is 0.473. The molecule has 1 aromatic rings. The van der Waals surface area contributed by atoms with E-state index in [-0.39, 0.29) is 0 Å². The lowest BCUT2D eigenvalue weighted by atomic mass is 10.3. The monoisotopic (exact) mass is 150 g/mol. The second-order valence-electron chi connectivity index (χ2n) is 1.76. The highest BCUT2D eigenvalue weighted by molar-refractivity contribution is 7.78. The average Bonchev–Trinajstić information content (AvgIpc) is 2.03. The fourth-order valence-corrected chi connectivity index (χ4v) is 0.676. The van der Waals surface area contributed by atoms with Gasteiger partial charge in [0.25, 0.3) is 0 Å². The molecule has 0 aliphatic rings. The Morgan fingerprint density at radius 1 is 1.50 bits per heavy atom.